The van der Waals surface area contributed by atoms with Gasteiger partial charge < -0.3 is 20.1 Å². The van der Waals surface area contributed by atoms with Crippen LogP contribution in [0.25, 0.3) is 0 Å². The SMILES string of the molecule is CC(C)(C)OC(=O)N1CC[C@H](Oc2cc(N)cc(C(F)(F)F)n2)C1. The van der Waals surface area contributed by atoms with E-state index in [1.54, 1.807) is 20.8 Å². The van der Waals surface area contributed by atoms with Crippen LogP contribution < -0.4 is 10.5 Å². The second-order valence-electron chi connectivity index (χ2n) is 6.58. The van der Waals surface area contributed by atoms with Crippen LogP contribution in [0.3, 0.4) is 0 Å². The highest BCUT2D eigenvalue weighted by Gasteiger charge is 2.35. The number of carbonyl (C=O) groups is 1. The Balaban J connectivity index is 2.01. The van der Waals surface area contributed by atoms with Crippen molar-refractivity contribution in [1.82, 2.24) is 9.88 Å². The standard InChI is InChI=1S/C15H20F3N3O3/c1-14(2,3)24-13(22)21-5-4-10(8-21)23-12-7-9(19)6-11(20-12)15(16,17)18/h6-7,10H,4-5,8H2,1-3H3,(H2,19,20)/t10-/m0/s1. The van der Waals surface area contributed by atoms with Crippen LogP contribution in [0, 0.1) is 0 Å². The van der Waals surface area contributed by atoms with Gasteiger partial charge in [-0.25, -0.2) is 9.78 Å². The minimum absolute atomic E-state index is 0.0886. The van der Waals surface area contributed by atoms with Crippen LogP contribution in [-0.2, 0) is 10.9 Å². The molecule has 1 amide bonds. The molecule has 2 rings (SSSR count). The molecule has 0 aliphatic carbocycles. The number of nitrogen functional groups attached to an aromatic ring is 1. The molecule has 1 atom stereocenters. The van der Waals surface area contributed by atoms with Gasteiger partial charge in [-0.2, -0.15) is 13.2 Å². The van der Waals surface area contributed by atoms with Gasteiger partial charge in [-0.15, -0.1) is 0 Å². The molecule has 9 heteroatoms. The van der Waals surface area contributed by atoms with Crippen LogP contribution in [0.4, 0.5) is 23.7 Å². The monoisotopic (exact) mass is 347 g/mol. The van der Waals surface area contributed by atoms with Gasteiger partial charge in [0.2, 0.25) is 5.88 Å². The molecule has 1 aliphatic heterocycles. The van der Waals surface area contributed by atoms with Gasteiger partial charge in [0.25, 0.3) is 0 Å². The Morgan fingerprint density at radius 1 is 1.33 bits per heavy atom. The van der Waals surface area contributed by atoms with Crippen molar-refractivity contribution < 1.29 is 27.4 Å². The number of likely N-dealkylation sites (tertiary alicyclic amines) is 1. The highest BCUT2D eigenvalue weighted by Crippen LogP contribution is 2.31. The molecular formula is C15H20F3N3O3. The first-order valence-electron chi connectivity index (χ1n) is 7.43. The van der Waals surface area contributed by atoms with Gasteiger partial charge in [0.15, 0.2) is 5.69 Å². The maximum absolute atomic E-state index is 12.7. The lowest BCUT2D eigenvalue weighted by atomic mass is 10.2. The smallest absolute Gasteiger partial charge is 0.433 e. The Hall–Kier alpha value is -2.19. The fraction of sp³-hybridized carbons (Fsp3) is 0.600. The normalized spacial score (nSPS) is 18.6. The van der Waals surface area contributed by atoms with Gasteiger partial charge in [-0.05, 0) is 26.8 Å². The van der Waals surface area contributed by atoms with Gasteiger partial charge in [0.1, 0.15) is 11.7 Å². The van der Waals surface area contributed by atoms with Crippen LogP contribution >= 0.6 is 0 Å². The molecule has 1 saturated heterocycles. The van der Waals surface area contributed by atoms with Crippen molar-refractivity contribution in [2.75, 3.05) is 18.8 Å². The average molecular weight is 347 g/mol. The van der Waals surface area contributed by atoms with E-state index >= 15 is 0 Å². The summed E-state index contributed by atoms with van der Waals surface area (Å²) in [5.74, 6) is -0.210. The molecule has 0 aromatic carbocycles. The first-order valence-corrected chi connectivity index (χ1v) is 7.43. The number of hydrogen-bond acceptors (Lipinski definition) is 5. The van der Waals surface area contributed by atoms with Crippen molar-refractivity contribution in [2.24, 2.45) is 0 Å². The number of rotatable bonds is 2. The maximum atomic E-state index is 12.7. The second kappa shape index (κ2) is 6.37. The third-order valence-corrected chi connectivity index (χ3v) is 3.20. The Morgan fingerprint density at radius 2 is 2.00 bits per heavy atom. The maximum Gasteiger partial charge on any atom is 0.433 e. The van der Waals surface area contributed by atoms with Crippen LogP contribution in [0.1, 0.15) is 32.9 Å². The van der Waals surface area contributed by atoms with E-state index < -0.39 is 29.7 Å². The molecule has 2 N–H and O–H groups in total. The average Bonchev–Trinajstić information content (AvgIpc) is 2.83. The van der Waals surface area contributed by atoms with Crippen molar-refractivity contribution >= 4 is 11.8 Å². The molecule has 2 heterocycles. The van der Waals surface area contributed by atoms with Crippen molar-refractivity contribution in [3.05, 3.63) is 17.8 Å². The van der Waals surface area contributed by atoms with Crippen LogP contribution in [0.15, 0.2) is 12.1 Å². The number of nitrogens with two attached hydrogens (primary N) is 1. The number of nitrogens with zero attached hydrogens (tertiary/aromatic N) is 2. The second-order valence-corrected chi connectivity index (χ2v) is 6.58. The predicted molar refractivity (Wildman–Crippen MR) is 80.5 cm³/mol. The summed E-state index contributed by atoms with van der Waals surface area (Å²) in [5, 5.41) is 0. The zero-order valence-electron chi connectivity index (χ0n) is 13.7. The Morgan fingerprint density at radius 3 is 2.58 bits per heavy atom. The molecule has 134 valence electrons. The summed E-state index contributed by atoms with van der Waals surface area (Å²) in [6.45, 7) is 5.87. The summed E-state index contributed by atoms with van der Waals surface area (Å²) < 4.78 is 48.9. The zero-order chi connectivity index (χ0) is 18.1. The Labute approximate surface area is 137 Å². The zero-order valence-corrected chi connectivity index (χ0v) is 13.7. The molecule has 1 aromatic heterocycles. The first kappa shape index (κ1) is 18.2. The highest BCUT2D eigenvalue weighted by molar-refractivity contribution is 5.68. The molecule has 1 fully saturated rings. The number of anilines is 1. The molecule has 1 aliphatic rings. The number of halogens is 3. The van der Waals surface area contributed by atoms with Crippen molar-refractivity contribution in [1.29, 1.82) is 0 Å². The molecule has 24 heavy (non-hydrogen) atoms. The molecule has 6 nitrogen and oxygen atoms in total. The summed E-state index contributed by atoms with van der Waals surface area (Å²) in [6.07, 6.45) is -5.08. The Kier molecular flexibility index (Phi) is 4.82. The van der Waals surface area contributed by atoms with E-state index in [0.717, 1.165) is 6.07 Å². The fourth-order valence-electron chi connectivity index (χ4n) is 2.22. The van der Waals surface area contributed by atoms with E-state index in [-0.39, 0.29) is 18.1 Å². The lowest BCUT2D eigenvalue weighted by molar-refractivity contribution is -0.141. The molecule has 0 saturated carbocycles. The molecule has 0 spiro atoms. The van der Waals surface area contributed by atoms with Crippen molar-refractivity contribution in [3.63, 3.8) is 0 Å². The number of carbonyl (C=O) groups excluding carboxylic acids is 1. The van der Waals surface area contributed by atoms with Gasteiger partial charge in [-0.1, -0.05) is 0 Å². The molecule has 0 unspecified atom stereocenters. The minimum Gasteiger partial charge on any atom is -0.472 e. The highest BCUT2D eigenvalue weighted by atomic mass is 19.4. The summed E-state index contributed by atoms with van der Waals surface area (Å²) in [5.41, 5.74) is 3.65. The topological polar surface area (TPSA) is 77.7 Å². The van der Waals surface area contributed by atoms with Crippen molar-refractivity contribution in [3.8, 4) is 5.88 Å². The van der Waals surface area contributed by atoms with Gasteiger partial charge in [0.05, 0.1) is 6.54 Å². The molecule has 0 bridgehead atoms. The number of amides is 1. The molecule has 0 radical (unpaired) electrons. The summed E-state index contributed by atoms with van der Waals surface area (Å²) >= 11 is 0. The minimum atomic E-state index is -4.61. The van der Waals surface area contributed by atoms with E-state index in [0.29, 0.717) is 13.0 Å². The lowest BCUT2D eigenvalue weighted by Crippen LogP contribution is -2.36. The largest absolute Gasteiger partial charge is 0.472 e. The third kappa shape index (κ3) is 4.90. The predicted octanol–water partition coefficient (Wildman–Crippen LogP) is 3.07. The molecule has 1 aromatic rings. The lowest BCUT2D eigenvalue weighted by Gasteiger charge is -2.24. The number of pyridine rings is 1. The van der Waals surface area contributed by atoms with Crippen LogP contribution in [0.5, 0.6) is 5.88 Å². The number of ether oxygens (including phenoxy) is 2. The third-order valence-electron chi connectivity index (χ3n) is 3.20. The number of alkyl halides is 3. The van der Waals surface area contributed by atoms with E-state index in [2.05, 4.69) is 4.98 Å². The van der Waals surface area contributed by atoms with E-state index in [9.17, 15) is 18.0 Å². The van der Waals surface area contributed by atoms with Gasteiger partial charge >= 0.3 is 12.3 Å². The first-order chi connectivity index (χ1) is 10.9. The van der Waals surface area contributed by atoms with Crippen molar-refractivity contribution in [2.45, 2.75) is 45.1 Å². The number of hydrogen-bond donors (Lipinski definition) is 1. The number of aromatic nitrogens is 1. The van der Waals surface area contributed by atoms with E-state index in [1.807, 2.05) is 0 Å². The van der Waals surface area contributed by atoms with Gasteiger partial charge in [-0.3, -0.25) is 0 Å². The quantitative estimate of drug-likeness (QED) is 0.890. The van der Waals surface area contributed by atoms with E-state index in [1.165, 1.54) is 11.0 Å². The van der Waals surface area contributed by atoms with Gasteiger partial charge in [0, 0.05) is 24.7 Å². The fourth-order valence-corrected chi connectivity index (χ4v) is 2.22. The Bertz CT molecular complexity index is 614. The molecular weight excluding hydrogens is 327 g/mol. The summed E-state index contributed by atoms with van der Waals surface area (Å²) in [7, 11) is 0. The summed E-state index contributed by atoms with van der Waals surface area (Å²) in [4.78, 5) is 16.8. The van der Waals surface area contributed by atoms with Crippen LogP contribution in [-0.4, -0.2) is 40.8 Å². The van der Waals surface area contributed by atoms with Crippen LogP contribution in [0.2, 0.25) is 0 Å². The van der Waals surface area contributed by atoms with E-state index in [4.69, 9.17) is 15.2 Å². The summed E-state index contributed by atoms with van der Waals surface area (Å²) in [6, 6.07) is 1.97.